The molecule has 2 fully saturated rings. The SMILES string of the molecule is CC(C)C[C@H](N)C(=O)NC1COC2(CCCCC2)C1. The van der Waals surface area contributed by atoms with E-state index in [4.69, 9.17) is 10.5 Å². The number of hydrogen-bond acceptors (Lipinski definition) is 3. The second kappa shape index (κ2) is 6.23. The maximum Gasteiger partial charge on any atom is 0.237 e. The molecule has 1 unspecified atom stereocenters. The van der Waals surface area contributed by atoms with E-state index in [-0.39, 0.29) is 23.6 Å². The first-order chi connectivity index (χ1) is 9.01. The van der Waals surface area contributed by atoms with Gasteiger partial charge in [-0.1, -0.05) is 33.1 Å². The Hall–Kier alpha value is -0.610. The van der Waals surface area contributed by atoms with Gasteiger partial charge in [-0.05, 0) is 31.6 Å². The van der Waals surface area contributed by atoms with Crippen molar-refractivity contribution in [2.45, 2.75) is 76.5 Å². The molecule has 0 aromatic rings. The van der Waals surface area contributed by atoms with E-state index in [1.165, 1.54) is 19.3 Å². The summed E-state index contributed by atoms with van der Waals surface area (Å²) >= 11 is 0. The Morgan fingerprint density at radius 1 is 1.37 bits per heavy atom. The monoisotopic (exact) mass is 268 g/mol. The summed E-state index contributed by atoms with van der Waals surface area (Å²) in [4.78, 5) is 12.0. The van der Waals surface area contributed by atoms with E-state index in [1.807, 2.05) is 0 Å². The largest absolute Gasteiger partial charge is 0.373 e. The molecule has 2 rings (SSSR count). The molecule has 1 spiro atoms. The minimum Gasteiger partial charge on any atom is -0.373 e. The zero-order valence-electron chi connectivity index (χ0n) is 12.3. The summed E-state index contributed by atoms with van der Waals surface area (Å²) in [5.74, 6) is 0.431. The first-order valence-electron chi connectivity index (χ1n) is 7.71. The quantitative estimate of drug-likeness (QED) is 0.819. The molecular formula is C15H28N2O2. The van der Waals surface area contributed by atoms with E-state index in [9.17, 15) is 4.79 Å². The first-order valence-corrected chi connectivity index (χ1v) is 7.71. The van der Waals surface area contributed by atoms with Crippen LogP contribution in [0.1, 0.15) is 58.8 Å². The Morgan fingerprint density at radius 2 is 2.05 bits per heavy atom. The Morgan fingerprint density at radius 3 is 2.68 bits per heavy atom. The molecular weight excluding hydrogens is 240 g/mol. The van der Waals surface area contributed by atoms with Crippen molar-refractivity contribution in [3.8, 4) is 0 Å². The molecule has 1 amide bonds. The van der Waals surface area contributed by atoms with E-state index in [1.54, 1.807) is 0 Å². The lowest BCUT2D eigenvalue weighted by Gasteiger charge is -2.32. The first kappa shape index (κ1) is 14.8. The van der Waals surface area contributed by atoms with Gasteiger partial charge in [0.05, 0.1) is 24.3 Å². The Bertz CT molecular complexity index is 311. The van der Waals surface area contributed by atoms with Crippen LogP contribution >= 0.6 is 0 Å². The fourth-order valence-corrected chi connectivity index (χ4v) is 3.40. The average molecular weight is 268 g/mol. The maximum absolute atomic E-state index is 12.0. The minimum atomic E-state index is -0.386. The molecule has 110 valence electrons. The fraction of sp³-hybridized carbons (Fsp3) is 0.933. The van der Waals surface area contributed by atoms with Crippen molar-refractivity contribution < 1.29 is 9.53 Å². The maximum atomic E-state index is 12.0. The van der Waals surface area contributed by atoms with Crippen LogP contribution in [0, 0.1) is 5.92 Å². The minimum absolute atomic E-state index is 0.0184. The molecule has 0 aromatic heterocycles. The topological polar surface area (TPSA) is 64.4 Å². The normalized spacial score (nSPS) is 27.7. The summed E-state index contributed by atoms with van der Waals surface area (Å²) in [6.45, 7) is 4.83. The van der Waals surface area contributed by atoms with Gasteiger partial charge in [0.25, 0.3) is 0 Å². The molecule has 2 atom stereocenters. The number of hydrogen-bond donors (Lipinski definition) is 2. The van der Waals surface area contributed by atoms with E-state index in [0.717, 1.165) is 25.7 Å². The molecule has 4 heteroatoms. The number of carbonyl (C=O) groups excluding carboxylic acids is 1. The highest BCUT2D eigenvalue weighted by molar-refractivity contribution is 5.81. The van der Waals surface area contributed by atoms with Crippen molar-refractivity contribution in [1.29, 1.82) is 0 Å². The lowest BCUT2D eigenvalue weighted by molar-refractivity contribution is -0.123. The van der Waals surface area contributed by atoms with Crippen LogP contribution in [0.4, 0.5) is 0 Å². The van der Waals surface area contributed by atoms with Crippen molar-refractivity contribution >= 4 is 5.91 Å². The van der Waals surface area contributed by atoms with Gasteiger partial charge in [0.2, 0.25) is 5.91 Å². The number of carbonyl (C=O) groups is 1. The van der Waals surface area contributed by atoms with Crippen molar-refractivity contribution in [2.24, 2.45) is 11.7 Å². The second-order valence-corrected chi connectivity index (χ2v) is 6.70. The van der Waals surface area contributed by atoms with Crippen molar-refractivity contribution in [2.75, 3.05) is 6.61 Å². The van der Waals surface area contributed by atoms with Gasteiger partial charge >= 0.3 is 0 Å². The summed E-state index contributed by atoms with van der Waals surface area (Å²) in [7, 11) is 0. The molecule has 3 N–H and O–H groups in total. The number of ether oxygens (including phenoxy) is 1. The Labute approximate surface area is 116 Å². The van der Waals surface area contributed by atoms with Crippen LogP contribution < -0.4 is 11.1 Å². The van der Waals surface area contributed by atoms with Gasteiger partial charge in [-0.3, -0.25) is 4.79 Å². The summed E-state index contributed by atoms with van der Waals surface area (Å²) in [6, 6.07) is -0.230. The summed E-state index contributed by atoms with van der Waals surface area (Å²) in [5.41, 5.74) is 5.97. The summed E-state index contributed by atoms with van der Waals surface area (Å²) < 4.78 is 6.00. The summed E-state index contributed by atoms with van der Waals surface area (Å²) in [5, 5.41) is 3.07. The van der Waals surface area contributed by atoms with E-state index >= 15 is 0 Å². The third-order valence-corrected chi connectivity index (χ3v) is 4.38. The zero-order chi connectivity index (χ0) is 13.9. The van der Waals surface area contributed by atoms with Crippen LogP contribution in [0.25, 0.3) is 0 Å². The van der Waals surface area contributed by atoms with Crippen LogP contribution in [-0.2, 0) is 9.53 Å². The van der Waals surface area contributed by atoms with Gasteiger partial charge in [0, 0.05) is 0 Å². The highest BCUT2D eigenvalue weighted by Gasteiger charge is 2.41. The van der Waals surface area contributed by atoms with Gasteiger partial charge in [-0.25, -0.2) is 0 Å². The zero-order valence-corrected chi connectivity index (χ0v) is 12.3. The molecule has 0 bridgehead atoms. The lowest BCUT2D eigenvalue weighted by Crippen LogP contribution is -2.46. The van der Waals surface area contributed by atoms with Crippen LogP contribution in [-0.4, -0.2) is 30.2 Å². The van der Waals surface area contributed by atoms with Gasteiger partial charge in [0.1, 0.15) is 0 Å². The number of amides is 1. The predicted molar refractivity (Wildman–Crippen MR) is 75.7 cm³/mol. The van der Waals surface area contributed by atoms with Crippen molar-refractivity contribution in [1.82, 2.24) is 5.32 Å². The van der Waals surface area contributed by atoms with Gasteiger partial charge in [-0.2, -0.15) is 0 Å². The highest BCUT2D eigenvalue weighted by atomic mass is 16.5. The molecule has 1 heterocycles. The molecule has 19 heavy (non-hydrogen) atoms. The van der Waals surface area contributed by atoms with Gasteiger partial charge < -0.3 is 15.8 Å². The number of nitrogens with two attached hydrogens (primary N) is 1. The standard InChI is InChI=1S/C15H28N2O2/c1-11(2)8-13(16)14(18)17-12-9-15(19-10-12)6-4-3-5-7-15/h11-13H,3-10,16H2,1-2H3,(H,17,18)/t12?,13-/m0/s1. The van der Waals surface area contributed by atoms with Gasteiger partial charge in [-0.15, -0.1) is 0 Å². The predicted octanol–water partition coefficient (Wildman–Crippen LogP) is 1.97. The van der Waals surface area contributed by atoms with E-state index in [0.29, 0.717) is 12.5 Å². The summed E-state index contributed by atoms with van der Waals surface area (Å²) in [6.07, 6.45) is 7.84. The third kappa shape index (κ3) is 3.93. The smallest absolute Gasteiger partial charge is 0.237 e. The van der Waals surface area contributed by atoms with E-state index < -0.39 is 0 Å². The molecule has 0 radical (unpaired) electrons. The fourth-order valence-electron chi connectivity index (χ4n) is 3.40. The molecule has 1 aliphatic heterocycles. The van der Waals surface area contributed by atoms with Crippen LogP contribution in [0.5, 0.6) is 0 Å². The molecule has 1 saturated heterocycles. The van der Waals surface area contributed by atoms with Crippen LogP contribution in [0.3, 0.4) is 0 Å². The Balaban J connectivity index is 1.79. The lowest BCUT2D eigenvalue weighted by atomic mass is 9.82. The highest BCUT2D eigenvalue weighted by Crippen LogP contribution is 2.39. The van der Waals surface area contributed by atoms with Gasteiger partial charge in [0.15, 0.2) is 0 Å². The number of nitrogens with one attached hydrogen (secondary N) is 1. The molecule has 2 aliphatic rings. The average Bonchev–Trinajstić information content (AvgIpc) is 2.72. The molecule has 4 nitrogen and oxygen atoms in total. The van der Waals surface area contributed by atoms with Crippen molar-refractivity contribution in [3.05, 3.63) is 0 Å². The number of rotatable bonds is 4. The van der Waals surface area contributed by atoms with Crippen LogP contribution in [0.2, 0.25) is 0 Å². The molecule has 0 aromatic carbocycles. The van der Waals surface area contributed by atoms with Crippen molar-refractivity contribution in [3.63, 3.8) is 0 Å². The molecule has 1 saturated carbocycles. The molecule has 1 aliphatic carbocycles. The Kier molecular flexibility index (Phi) is 4.85. The van der Waals surface area contributed by atoms with E-state index in [2.05, 4.69) is 19.2 Å². The third-order valence-electron chi connectivity index (χ3n) is 4.38. The van der Waals surface area contributed by atoms with Crippen LogP contribution in [0.15, 0.2) is 0 Å². The second-order valence-electron chi connectivity index (χ2n) is 6.70.